The highest BCUT2D eigenvalue weighted by Gasteiger charge is 2.53. The molecule has 1 aliphatic heterocycles. The predicted octanol–water partition coefficient (Wildman–Crippen LogP) is 4.92. The number of hydrogen-bond donors (Lipinski definition) is 0. The van der Waals surface area contributed by atoms with Crippen molar-refractivity contribution in [2.45, 2.75) is 78.2 Å². The SMILES string of the molecule is CC1(C)CCC[C@]2(C)[C@H]3CC[C@](C)(CC=O)OCC3=CC[C@@H]12. The third-order valence-electron chi connectivity index (χ3n) is 7.20. The molecule has 124 valence electrons. The summed E-state index contributed by atoms with van der Waals surface area (Å²) in [7, 11) is 0. The molecule has 1 heterocycles. The number of carbonyl (C=O) groups is 1. The Labute approximate surface area is 135 Å². The molecule has 0 aromatic rings. The Balaban J connectivity index is 1.89. The molecule has 0 radical (unpaired) electrons. The molecule has 1 saturated carbocycles. The van der Waals surface area contributed by atoms with Crippen molar-refractivity contribution >= 4 is 6.29 Å². The molecule has 2 nitrogen and oxygen atoms in total. The van der Waals surface area contributed by atoms with E-state index in [0.29, 0.717) is 23.2 Å². The Kier molecular flexibility index (Phi) is 4.04. The molecule has 1 saturated heterocycles. The summed E-state index contributed by atoms with van der Waals surface area (Å²) < 4.78 is 6.18. The van der Waals surface area contributed by atoms with Crippen molar-refractivity contribution in [1.29, 1.82) is 0 Å². The van der Waals surface area contributed by atoms with E-state index in [4.69, 9.17) is 4.74 Å². The summed E-state index contributed by atoms with van der Waals surface area (Å²) in [5, 5.41) is 0. The molecule has 0 unspecified atom stereocenters. The van der Waals surface area contributed by atoms with E-state index in [9.17, 15) is 4.79 Å². The highest BCUT2D eigenvalue weighted by Crippen LogP contribution is 2.61. The first-order chi connectivity index (χ1) is 10.3. The van der Waals surface area contributed by atoms with Gasteiger partial charge in [-0.2, -0.15) is 0 Å². The molecule has 3 rings (SSSR count). The molecule has 0 spiro atoms. The van der Waals surface area contributed by atoms with Gasteiger partial charge in [0.05, 0.1) is 12.2 Å². The summed E-state index contributed by atoms with van der Waals surface area (Å²) in [6, 6.07) is 0. The first-order valence-corrected chi connectivity index (χ1v) is 9.07. The van der Waals surface area contributed by atoms with Gasteiger partial charge in [0, 0.05) is 6.42 Å². The van der Waals surface area contributed by atoms with Gasteiger partial charge < -0.3 is 9.53 Å². The van der Waals surface area contributed by atoms with Crippen LogP contribution in [0.4, 0.5) is 0 Å². The van der Waals surface area contributed by atoms with Crippen molar-refractivity contribution in [3.8, 4) is 0 Å². The Morgan fingerprint density at radius 2 is 2.00 bits per heavy atom. The van der Waals surface area contributed by atoms with E-state index >= 15 is 0 Å². The summed E-state index contributed by atoms with van der Waals surface area (Å²) in [5.74, 6) is 1.44. The van der Waals surface area contributed by atoms with Gasteiger partial charge in [-0.1, -0.05) is 33.3 Å². The fourth-order valence-electron chi connectivity index (χ4n) is 5.80. The lowest BCUT2D eigenvalue weighted by Crippen LogP contribution is -2.48. The summed E-state index contributed by atoms with van der Waals surface area (Å²) in [4.78, 5) is 11.0. The fraction of sp³-hybridized carbons (Fsp3) is 0.850. The molecule has 4 atom stereocenters. The van der Waals surface area contributed by atoms with E-state index in [1.54, 1.807) is 0 Å². The van der Waals surface area contributed by atoms with E-state index in [0.717, 1.165) is 25.2 Å². The van der Waals surface area contributed by atoms with E-state index in [-0.39, 0.29) is 5.60 Å². The topological polar surface area (TPSA) is 26.3 Å². The molecule has 2 aliphatic carbocycles. The van der Waals surface area contributed by atoms with Crippen LogP contribution >= 0.6 is 0 Å². The van der Waals surface area contributed by atoms with E-state index in [1.807, 2.05) is 0 Å². The maximum absolute atomic E-state index is 11.0. The van der Waals surface area contributed by atoms with Gasteiger partial charge in [0.1, 0.15) is 6.29 Å². The van der Waals surface area contributed by atoms with Crippen molar-refractivity contribution in [2.24, 2.45) is 22.7 Å². The van der Waals surface area contributed by atoms with Crippen molar-refractivity contribution in [3.63, 3.8) is 0 Å². The molecule has 0 aromatic carbocycles. The first-order valence-electron chi connectivity index (χ1n) is 9.07. The third-order valence-corrected chi connectivity index (χ3v) is 7.20. The van der Waals surface area contributed by atoms with Crippen LogP contribution in [0.1, 0.15) is 72.6 Å². The van der Waals surface area contributed by atoms with Gasteiger partial charge in [0.2, 0.25) is 0 Å². The number of rotatable bonds is 2. The highest BCUT2D eigenvalue weighted by atomic mass is 16.5. The number of ether oxygens (including phenoxy) is 1. The molecule has 0 N–H and O–H groups in total. The molecule has 2 heteroatoms. The Hall–Kier alpha value is -0.630. The Morgan fingerprint density at radius 3 is 2.73 bits per heavy atom. The van der Waals surface area contributed by atoms with Gasteiger partial charge in [0.15, 0.2) is 0 Å². The van der Waals surface area contributed by atoms with Crippen LogP contribution in [-0.2, 0) is 9.53 Å². The zero-order valence-electron chi connectivity index (χ0n) is 14.8. The lowest BCUT2D eigenvalue weighted by atomic mass is 9.48. The molecular weight excluding hydrogens is 272 g/mol. The van der Waals surface area contributed by atoms with Crippen LogP contribution < -0.4 is 0 Å². The van der Waals surface area contributed by atoms with E-state index < -0.39 is 0 Å². The largest absolute Gasteiger partial charge is 0.370 e. The summed E-state index contributed by atoms with van der Waals surface area (Å²) in [6.07, 6.45) is 11.5. The van der Waals surface area contributed by atoms with Crippen LogP contribution in [0.3, 0.4) is 0 Å². The monoisotopic (exact) mass is 304 g/mol. The van der Waals surface area contributed by atoms with Crippen LogP contribution in [-0.4, -0.2) is 18.5 Å². The van der Waals surface area contributed by atoms with Crippen molar-refractivity contribution in [3.05, 3.63) is 11.6 Å². The quantitative estimate of drug-likeness (QED) is 0.534. The number of fused-ring (bicyclic) bond motifs is 3. The van der Waals surface area contributed by atoms with Crippen LogP contribution in [0.25, 0.3) is 0 Å². The minimum absolute atomic E-state index is 0.254. The zero-order valence-corrected chi connectivity index (χ0v) is 14.8. The van der Waals surface area contributed by atoms with Gasteiger partial charge in [0.25, 0.3) is 0 Å². The average molecular weight is 304 g/mol. The average Bonchev–Trinajstić information content (AvgIpc) is 2.59. The van der Waals surface area contributed by atoms with Gasteiger partial charge >= 0.3 is 0 Å². The third kappa shape index (κ3) is 2.58. The van der Waals surface area contributed by atoms with Gasteiger partial charge in [-0.25, -0.2) is 0 Å². The maximum atomic E-state index is 11.0. The molecular formula is C20H32O2. The second-order valence-corrected chi connectivity index (χ2v) is 9.12. The van der Waals surface area contributed by atoms with Crippen LogP contribution in [0.5, 0.6) is 0 Å². The second kappa shape index (κ2) is 5.47. The lowest BCUT2D eigenvalue weighted by Gasteiger charge is -2.57. The Morgan fingerprint density at radius 1 is 1.23 bits per heavy atom. The smallest absolute Gasteiger partial charge is 0.122 e. The first kappa shape index (κ1) is 16.2. The number of hydrogen-bond acceptors (Lipinski definition) is 2. The van der Waals surface area contributed by atoms with Crippen LogP contribution in [0, 0.1) is 22.7 Å². The normalized spacial score (nSPS) is 44.3. The minimum Gasteiger partial charge on any atom is -0.370 e. The standard InChI is InChI=1S/C20H32O2/c1-18(2)9-5-10-20(4)16-8-11-19(3,12-13-21)22-14-15(16)6-7-17(18)20/h6,13,16-17H,5,7-12,14H2,1-4H3/t16-,17-,19+,20+/m0/s1. The number of carbonyl (C=O) groups excluding carboxylic acids is 1. The molecule has 2 fully saturated rings. The summed E-state index contributed by atoms with van der Waals surface area (Å²) >= 11 is 0. The van der Waals surface area contributed by atoms with Crippen LogP contribution in [0.2, 0.25) is 0 Å². The van der Waals surface area contributed by atoms with Crippen molar-refractivity contribution in [2.75, 3.05) is 6.61 Å². The summed E-state index contributed by atoms with van der Waals surface area (Å²) in [6.45, 7) is 10.3. The molecule has 0 amide bonds. The van der Waals surface area contributed by atoms with Gasteiger partial charge in [-0.15, -0.1) is 0 Å². The van der Waals surface area contributed by atoms with E-state index in [2.05, 4.69) is 33.8 Å². The molecule has 22 heavy (non-hydrogen) atoms. The zero-order chi connectivity index (χ0) is 16.0. The lowest BCUT2D eigenvalue weighted by molar-refractivity contribution is -0.114. The predicted molar refractivity (Wildman–Crippen MR) is 89.7 cm³/mol. The number of aldehydes is 1. The van der Waals surface area contributed by atoms with Gasteiger partial charge in [-0.3, -0.25) is 0 Å². The number of allylic oxidation sites excluding steroid dienone is 1. The molecule has 0 aromatic heterocycles. The molecule has 3 aliphatic rings. The maximum Gasteiger partial charge on any atom is 0.122 e. The highest BCUT2D eigenvalue weighted by molar-refractivity contribution is 5.51. The van der Waals surface area contributed by atoms with Gasteiger partial charge in [-0.05, 0) is 67.3 Å². The summed E-state index contributed by atoms with van der Waals surface area (Å²) in [5.41, 5.74) is 2.14. The second-order valence-electron chi connectivity index (χ2n) is 9.12. The minimum atomic E-state index is -0.254. The Bertz CT molecular complexity index is 478. The molecule has 0 bridgehead atoms. The fourth-order valence-corrected chi connectivity index (χ4v) is 5.80. The van der Waals surface area contributed by atoms with Crippen LogP contribution in [0.15, 0.2) is 11.6 Å². The van der Waals surface area contributed by atoms with E-state index in [1.165, 1.54) is 37.7 Å². The van der Waals surface area contributed by atoms with Crippen molar-refractivity contribution in [1.82, 2.24) is 0 Å². The van der Waals surface area contributed by atoms with Crippen molar-refractivity contribution < 1.29 is 9.53 Å².